The van der Waals surface area contributed by atoms with E-state index in [1.807, 2.05) is 4.90 Å². The molecule has 0 saturated heterocycles. The Morgan fingerprint density at radius 1 is 1.38 bits per heavy atom. The van der Waals surface area contributed by atoms with Crippen molar-refractivity contribution in [3.8, 4) is 0 Å². The molecule has 0 spiro atoms. The number of amides is 1. The molecule has 0 radical (unpaired) electrons. The van der Waals surface area contributed by atoms with E-state index in [1.165, 1.54) is 12.8 Å². The van der Waals surface area contributed by atoms with E-state index in [-0.39, 0.29) is 5.91 Å². The van der Waals surface area contributed by atoms with E-state index in [1.54, 1.807) is 0 Å². The lowest BCUT2D eigenvalue weighted by Gasteiger charge is -2.22. The van der Waals surface area contributed by atoms with E-state index in [0.717, 1.165) is 19.5 Å². The minimum Gasteiger partial charge on any atom is -0.339 e. The fourth-order valence-electron chi connectivity index (χ4n) is 1.78. The van der Waals surface area contributed by atoms with Crippen molar-refractivity contribution in [1.82, 2.24) is 10.2 Å². The third-order valence-corrected chi connectivity index (χ3v) is 2.98. The number of carbonyl (C=O) groups excluding carboxylic acids is 1. The molecular formula is C13H26N2O. The minimum absolute atomic E-state index is 0.263. The second kappa shape index (κ2) is 5.67. The second-order valence-electron chi connectivity index (χ2n) is 5.90. The molecule has 0 aliphatic heterocycles. The number of likely N-dealkylation sites (N-methyl/N-ethyl adjacent to an activating group) is 1. The van der Waals surface area contributed by atoms with Gasteiger partial charge in [0.2, 0.25) is 5.91 Å². The highest BCUT2D eigenvalue weighted by Crippen LogP contribution is 2.26. The van der Waals surface area contributed by atoms with E-state index in [0.29, 0.717) is 18.0 Å². The zero-order chi connectivity index (χ0) is 12.2. The van der Waals surface area contributed by atoms with Crippen LogP contribution in [0.4, 0.5) is 0 Å². The maximum absolute atomic E-state index is 11.8. The van der Waals surface area contributed by atoms with Crippen LogP contribution >= 0.6 is 0 Å². The average molecular weight is 226 g/mol. The molecule has 1 aliphatic carbocycles. The van der Waals surface area contributed by atoms with Gasteiger partial charge in [0.25, 0.3) is 0 Å². The topological polar surface area (TPSA) is 32.3 Å². The van der Waals surface area contributed by atoms with Crippen molar-refractivity contribution in [2.75, 3.05) is 19.6 Å². The van der Waals surface area contributed by atoms with Crippen LogP contribution in [0.15, 0.2) is 0 Å². The van der Waals surface area contributed by atoms with Gasteiger partial charge in [-0.15, -0.1) is 0 Å². The number of nitrogens with zero attached hydrogens (tertiary/aromatic N) is 1. The first-order chi connectivity index (χ1) is 7.44. The molecule has 16 heavy (non-hydrogen) atoms. The molecule has 0 bridgehead atoms. The van der Waals surface area contributed by atoms with Crippen LogP contribution < -0.4 is 5.32 Å². The van der Waals surface area contributed by atoms with Crippen molar-refractivity contribution in [1.29, 1.82) is 0 Å². The first kappa shape index (κ1) is 13.5. The van der Waals surface area contributed by atoms with Crippen LogP contribution in [0, 0.1) is 5.41 Å². The van der Waals surface area contributed by atoms with Crippen molar-refractivity contribution < 1.29 is 4.79 Å². The van der Waals surface area contributed by atoms with Crippen LogP contribution in [0.3, 0.4) is 0 Å². The number of carbonyl (C=O) groups is 1. The quantitative estimate of drug-likeness (QED) is 0.703. The molecule has 0 heterocycles. The summed E-state index contributed by atoms with van der Waals surface area (Å²) in [6.07, 6.45) is 3.50. The zero-order valence-electron chi connectivity index (χ0n) is 11.2. The molecule has 3 nitrogen and oxygen atoms in total. The molecule has 0 unspecified atom stereocenters. The van der Waals surface area contributed by atoms with Gasteiger partial charge in [-0.25, -0.2) is 0 Å². The molecule has 0 aromatic rings. The summed E-state index contributed by atoms with van der Waals surface area (Å²) in [6.45, 7) is 11.0. The molecule has 1 aliphatic rings. The predicted octanol–water partition coefficient (Wildman–Crippen LogP) is 2.02. The number of rotatable bonds is 6. The summed E-state index contributed by atoms with van der Waals surface area (Å²) in [6, 6.07) is 0.543. The molecule has 0 aromatic carbocycles. The molecule has 3 heteroatoms. The Bertz CT molecular complexity index is 229. The monoisotopic (exact) mass is 226 g/mol. The van der Waals surface area contributed by atoms with Crippen molar-refractivity contribution in [3.63, 3.8) is 0 Å². The smallest absolute Gasteiger partial charge is 0.236 e. The molecule has 0 aromatic heterocycles. The van der Waals surface area contributed by atoms with Gasteiger partial charge in [0.1, 0.15) is 0 Å². The number of hydrogen-bond acceptors (Lipinski definition) is 2. The largest absolute Gasteiger partial charge is 0.339 e. The van der Waals surface area contributed by atoms with Gasteiger partial charge >= 0.3 is 0 Å². The van der Waals surface area contributed by atoms with Crippen LogP contribution in [0.1, 0.15) is 47.0 Å². The SMILES string of the molecule is CCN(C(=O)CNCCC(C)(C)C)C1CC1. The van der Waals surface area contributed by atoms with Crippen LogP contribution in [-0.2, 0) is 4.79 Å². The van der Waals surface area contributed by atoms with Crippen molar-refractivity contribution in [2.45, 2.75) is 53.0 Å². The van der Waals surface area contributed by atoms with E-state index >= 15 is 0 Å². The van der Waals surface area contributed by atoms with Gasteiger partial charge in [-0.05, 0) is 38.1 Å². The Morgan fingerprint density at radius 3 is 2.44 bits per heavy atom. The van der Waals surface area contributed by atoms with Crippen LogP contribution in [0.5, 0.6) is 0 Å². The van der Waals surface area contributed by atoms with Gasteiger partial charge < -0.3 is 10.2 Å². The molecule has 1 N–H and O–H groups in total. The molecule has 1 amide bonds. The lowest BCUT2D eigenvalue weighted by atomic mass is 9.92. The number of nitrogens with one attached hydrogen (secondary N) is 1. The van der Waals surface area contributed by atoms with Crippen LogP contribution in [0.25, 0.3) is 0 Å². The average Bonchev–Trinajstić information content (AvgIpc) is 2.96. The zero-order valence-corrected chi connectivity index (χ0v) is 11.2. The first-order valence-corrected chi connectivity index (χ1v) is 6.44. The summed E-state index contributed by atoms with van der Waals surface area (Å²) >= 11 is 0. The van der Waals surface area contributed by atoms with Crippen molar-refractivity contribution in [3.05, 3.63) is 0 Å². The third kappa shape index (κ3) is 4.97. The van der Waals surface area contributed by atoms with Gasteiger partial charge in [-0.1, -0.05) is 20.8 Å². The van der Waals surface area contributed by atoms with Crippen LogP contribution in [-0.4, -0.2) is 36.5 Å². The van der Waals surface area contributed by atoms with Crippen LogP contribution in [0.2, 0.25) is 0 Å². The fraction of sp³-hybridized carbons (Fsp3) is 0.923. The van der Waals surface area contributed by atoms with Gasteiger partial charge in [-0.2, -0.15) is 0 Å². The molecule has 1 saturated carbocycles. The molecular weight excluding hydrogens is 200 g/mol. The summed E-state index contributed by atoms with van der Waals surface area (Å²) in [5, 5.41) is 3.25. The Kier molecular flexibility index (Phi) is 4.78. The van der Waals surface area contributed by atoms with E-state index in [4.69, 9.17) is 0 Å². The fourth-order valence-corrected chi connectivity index (χ4v) is 1.78. The highest BCUT2D eigenvalue weighted by atomic mass is 16.2. The van der Waals surface area contributed by atoms with E-state index < -0.39 is 0 Å². The molecule has 1 fully saturated rings. The highest BCUT2D eigenvalue weighted by Gasteiger charge is 2.30. The lowest BCUT2D eigenvalue weighted by Crippen LogP contribution is -2.40. The van der Waals surface area contributed by atoms with Gasteiger partial charge in [0.15, 0.2) is 0 Å². The maximum Gasteiger partial charge on any atom is 0.236 e. The molecule has 0 atom stereocenters. The van der Waals surface area contributed by atoms with Crippen molar-refractivity contribution >= 4 is 5.91 Å². The Hall–Kier alpha value is -0.570. The van der Waals surface area contributed by atoms with Crippen molar-refractivity contribution in [2.24, 2.45) is 5.41 Å². The van der Waals surface area contributed by atoms with Gasteiger partial charge in [0, 0.05) is 12.6 Å². The third-order valence-electron chi connectivity index (χ3n) is 2.98. The van der Waals surface area contributed by atoms with Gasteiger partial charge in [-0.3, -0.25) is 4.79 Å². The lowest BCUT2D eigenvalue weighted by molar-refractivity contribution is -0.130. The van der Waals surface area contributed by atoms with Gasteiger partial charge in [0.05, 0.1) is 6.54 Å². The maximum atomic E-state index is 11.8. The summed E-state index contributed by atoms with van der Waals surface area (Å²) in [5.74, 6) is 0.263. The Morgan fingerprint density at radius 2 is 2.00 bits per heavy atom. The number of hydrogen-bond donors (Lipinski definition) is 1. The summed E-state index contributed by atoms with van der Waals surface area (Å²) in [7, 11) is 0. The minimum atomic E-state index is 0.263. The highest BCUT2D eigenvalue weighted by molar-refractivity contribution is 5.78. The standard InChI is InChI=1S/C13H26N2O/c1-5-15(11-6-7-11)12(16)10-14-9-8-13(2,3)4/h11,14H,5-10H2,1-4H3. The first-order valence-electron chi connectivity index (χ1n) is 6.44. The second-order valence-corrected chi connectivity index (χ2v) is 5.90. The Labute approximate surface area is 99.6 Å². The molecule has 94 valence electrons. The summed E-state index contributed by atoms with van der Waals surface area (Å²) < 4.78 is 0. The molecule has 1 rings (SSSR count). The summed E-state index contributed by atoms with van der Waals surface area (Å²) in [4.78, 5) is 13.8. The predicted molar refractivity (Wildman–Crippen MR) is 67.4 cm³/mol. The summed E-state index contributed by atoms with van der Waals surface area (Å²) in [5.41, 5.74) is 0.344. The van der Waals surface area contributed by atoms with E-state index in [2.05, 4.69) is 33.0 Å². The van der Waals surface area contributed by atoms with E-state index in [9.17, 15) is 4.79 Å². The Balaban J connectivity index is 2.14. The normalized spacial score (nSPS) is 16.2.